The average Bonchev–Trinajstić information content (AvgIpc) is 2.45. The molecule has 0 heterocycles. The highest BCUT2D eigenvalue weighted by atomic mass is 127. The Morgan fingerprint density at radius 3 is 2.47 bits per heavy atom. The van der Waals surface area contributed by atoms with Crippen LogP contribution in [0.1, 0.15) is 24.9 Å². The third kappa shape index (κ3) is 5.10. The molecule has 0 N–H and O–H groups in total. The fourth-order valence-electron chi connectivity index (χ4n) is 2.02. The molecule has 0 aliphatic heterocycles. The minimum absolute atomic E-state index is 0.336. The van der Waals surface area contributed by atoms with Gasteiger partial charge < -0.3 is 9.53 Å². The molecular weight excluding hydrogens is 353 g/mol. The van der Waals surface area contributed by atoms with Crippen molar-refractivity contribution >= 4 is 28.9 Å². The maximum atomic E-state index is 10.6. The van der Waals surface area contributed by atoms with Crippen LogP contribution in [0.5, 0.6) is 5.75 Å². The van der Waals surface area contributed by atoms with Gasteiger partial charge in [0.25, 0.3) is 0 Å². The topological polar surface area (TPSA) is 29.5 Å². The lowest BCUT2D eigenvalue weighted by atomic mass is 10.0. The first-order chi connectivity index (χ1) is 9.12. The predicted octanol–water partition coefficient (Wildman–Crippen LogP) is 3.33. The number of benzene rings is 1. The van der Waals surface area contributed by atoms with Gasteiger partial charge >= 0.3 is 0 Å². The summed E-state index contributed by atoms with van der Waals surface area (Å²) in [6, 6.07) is 8.50. The van der Waals surface area contributed by atoms with Crippen molar-refractivity contribution in [3.63, 3.8) is 0 Å². The summed E-state index contributed by atoms with van der Waals surface area (Å²) < 4.78 is 6.18. The fourth-order valence-corrected chi connectivity index (χ4v) is 2.66. The lowest BCUT2D eigenvalue weighted by molar-refractivity contribution is -0.108. The zero-order valence-electron chi connectivity index (χ0n) is 11.8. The molecule has 106 valence electrons. The Hall–Kier alpha value is -0.620. The summed E-state index contributed by atoms with van der Waals surface area (Å²) in [7, 11) is 3.79. The lowest BCUT2D eigenvalue weighted by Gasteiger charge is -2.28. The van der Waals surface area contributed by atoms with Crippen LogP contribution in [0.4, 0.5) is 0 Å². The smallest absolute Gasteiger partial charge is 0.120 e. The SMILES string of the molecule is COc1ccc(C(C)N(C)CC(CI)CC=O)cc1. The molecule has 0 aliphatic carbocycles. The number of aldehydes is 1. The van der Waals surface area contributed by atoms with Gasteiger partial charge in [0.05, 0.1) is 7.11 Å². The second-order valence-corrected chi connectivity index (χ2v) is 5.69. The van der Waals surface area contributed by atoms with E-state index >= 15 is 0 Å². The fraction of sp³-hybridized carbons (Fsp3) is 0.533. The first kappa shape index (κ1) is 16.4. The monoisotopic (exact) mass is 375 g/mol. The van der Waals surface area contributed by atoms with E-state index in [1.54, 1.807) is 7.11 Å². The molecule has 4 heteroatoms. The van der Waals surface area contributed by atoms with E-state index in [0.29, 0.717) is 18.4 Å². The van der Waals surface area contributed by atoms with Gasteiger partial charge in [-0.05, 0) is 37.6 Å². The molecule has 0 saturated heterocycles. The maximum Gasteiger partial charge on any atom is 0.120 e. The van der Waals surface area contributed by atoms with Crippen molar-refractivity contribution in [3.05, 3.63) is 29.8 Å². The molecule has 1 rings (SSSR count). The zero-order valence-corrected chi connectivity index (χ0v) is 14.0. The largest absolute Gasteiger partial charge is 0.497 e. The van der Waals surface area contributed by atoms with Gasteiger partial charge in [-0.2, -0.15) is 0 Å². The van der Waals surface area contributed by atoms with E-state index in [1.807, 2.05) is 12.1 Å². The number of ether oxygens (including phenoxy) is 1. The molecule has 0 amide bonds. The summed E-state index contributed by atoms with van der Waals surface area (Å²) in [4.78, 5) is 12.9. The summed E-state index contributed by atoms with van der Waals surface area (Å²) in [6.07, 6.45) is 1.66. The van der Waals surface area contributed by atoms with Crippen LogP contribution in [0.2, 0.25) is 0 Å². The third-order valence-corrected chi connectivity index (χ3v) is 4.70. The number of rotatable bonds is 8. The summed E-state index contributed by atoms with van der Waals surface area (Å²) in [5, 5.41) is 0. The van der Waals surface area contributed by atoms with Gasteiger partial charge in [0, 0.05) is 23.4 Å². The van der Waals surface area contributed by atoms with Crippen LogP contribution in [-0.4, -0.2) is 36.3 Å². The molecule has 2 atom stereocenters. The quantitative estimate of drug-likeness (QED) is 0.397. The van der Waals surface area contributed by atoms with Gasteiger partial charge in [0.1, 0.15) is 12.0 Å². The Kier molecular flexibility index (Phi) is 7.38. The molecule has 1 aromatic carbocycles. The number of carbonyl (C=O) groups is 1. The van der Waals surface area contributed by atoms with Crippen LogP contribution >= 0.6 is 22.6 Å². The molecule has 0 saturated carbocycles. The van der Waals surface area contributed by atoms with Crippen LogP contribution in [0.15, 0.2) is 24.3 Å². The van der Waals surface area contributed by atoms with Crippen LogP contribution in [0.25, 0.3) is 0 Å². The first-order valence-corrected chi connectivity index (χ1v) is 7.98. The van der Waals surface area contributed by atoms with Crippen LogP contribution in [0.3, 0.4) is 0 Å². The molecule has 0 bridgehead atoms. The molecule has 0 fully saturated rings. The molecule has 2 unspecified atom stereocenters. The van der Waals surface area contributed by atoms with Crippen molar-refractivity contribution in [3.8, 4) is 5.75 Å². The summed E-state index contributed by atoms with van der Waals surface area (Å²) in [6.45, 7) is 3.13. The Balaban J connectivity index is 2.63. The normalized spacial score (nSPS) is 14.2. The average molecular weight is 375 g/mol. The van der Waals surface area contributed by atoms with E-state index < -0.39 is 0 Å². The lowest BCUT2D eigenvalue weighted by Crippen LogP contribution is -2.29. The van der Waals surface area contributed by atoms with Gasteiger partial charge in [-0.1, -0.05) is 34.7 Å². The number of nitrogens with zero attached hydrogens (tertiary/aromatic N) is 1. The van der Waals surface area contributed by atoms with Crippen LogP contribution in [0, 0.1) is 5.92 Å². The van der Waals surface area contributed by atoms with Crippen LogP contribution < -0.4 is 4.74 Å². The number of carbonyl (C=O) groups excluding carboxylic acids is 1. The van der Waals surface area contributed by atoms with E-state index in [0.717, 1.165) is 23.0 Å². The zero-order chi connectivity index (χ0) is 14.3. The van der Waals surface area contributed by atoms with Crippen molar-refractivity contribution in [1.82, 2.24) is 4.90 Å². The Labute approximate surface area is 129 Å². The second-order valence-electron chi connectivity index (χ2n) is 4.81. The molecule has 19 heavy (non-hydrogen) atoms. The van der Waals surface area contributed by atoms with E-state index in [1.165, 1.54) is 5.56 Å². The third-order valence-electron chi connectivity index (χ3n) is 3.45. The molecule has 0 aromatic heterocycles. The van der Waals surface area contributed by atoms with Gasteiger partial charge in [0.2, 0.25) is 0 Å². The number of alkyl halides is 1. The maximum absolute atomic E-state index is 10.6. The van der Waals surface area contributed by atoms with Crippen molar-refractivity contribution in [2.24, 2.45) is 5.92 Å². The van der Waals surface area contributed by atoms with Gasteiger partial charge in [0.15, 0.2) is 0 Å². The van der Waals surface area contributed by atoms with Crippen molar-refractivity contribution in [2.45, 2.75) is 19.4 Å². The number of methoxy groups -OCH3 is 1. The summed E-state index contributed by atoms with van der Waals surface area (Å²) in [5.74, 6) is 1.31. The van der Waals surface area contributed by atoms with Crippen molar-refractivity contribution < 1.29 is 9.53 Å². The predicted molar refractivity (Wildman–Crippen MR) is 87.1 cm³/mol. The van der Waals surface area contributed by atoms with E-state index in [-0.39, 0.29) is 0 Å². The van der Waals surface area contributed by atoms with E-state index in [2.05, 4.69) is 53.6 Å². The Bertz CT molecular complexity index is 380. The highest BCUT2D eigenvalue weighted by Gasteiger charge is 2.16. The second kappa shape index (κ2) is 8.53. The Morgan fingerprint density at radius 2 is 2.00 bits per heavy atom. The van der Waals surface area contributed by atoms with Crippen molar-refractivity contribution in [1.29, 1.82) is 0 Å². The Morgan fingerprint density at radius 1 is 1.37 bits per heavy atom. The van der Waals surface area contributed by atoms with E-state index in [4.69, 9.17) is 4.74 Å². The van der Waals surface area contributed by atoms with Gasteiger partial charge in [-0.15, -0.1) is 0 Å². The summed E-state index contributed by atoms with van der Waals surface area (Å²) in [5.41, 5.74) is 1.27. The first-order valence-electron chi connectivity index (χ1n) is 6.46. The number of hydrogen-bond acceptors (Lipinski definition) is 3. The van der Waals surface area contributed by atoms with Crippen molar-refractivity contribution in [2.75, 3.05) is 25.1 Å². The molecule has 0 spiro atoms. The number of hydrogen-bond donors (Lipinski definition) is 0. The minimum Gasteiger partial charge on any atom is -0.497 e. The highest BCUT2D eigenvalue weighted by molar-refractivity contribution is 14.1. The van der Waals surface area contributed by atoms with Crippen LogP contribution in [-0.2, 0) is 4.79 Å². The van der Waals surface area contributed by atoms with Gasteiger partial charge in [-0.3, -0.25) is 4.90 Å². The molecule has 0 radical (unpaired) electrons. The highest BCUT2D eigenvalue weighted by Crippen LogP contribution is 2.23. The summed E-state index contributed by atoms with van der Waals surface area (Å²) >= 11 is 2.35. The molecule has 3 nitrogen and oxygen atoms in total. The molecule has 1 aromatic rings. The number of halogens is 1. The standard InChI is InChI=1S/C15H22INO2/c1-12(14-4-6-15(19-3)7-5-14)17(2)11-13(10-16)8-9-18/h4-7,9,12-13H,8,10-11H2,1-3H3. The molecular formula is C15H22INO2. The van der Waals surface area contributed by atoms with E-state index in [9.17, 15) is 4.79 Å². The van der Waals surface area contributed by atoms with Gasteiger partial charge in [-0.25, -0.2) is 0 Å². The molecule has 0 aliphatic rings. The minimum atomic E-state index is 0.336.